The first-order chi connectivity index (χ1) is 18.3. The molecule has 2 saturated heterocycles. The average molecular weight is 548 g/mol. The number of unbranched alkanes of at least 4 members (excludes halogenated alkanes) is 3. The molecule has 2 fully saturated rings. The van der Waals surface area contributed by atoms with Gasteiger partial charge in [-0.1, -0.05) is 69.0 Å². The quantitative estimate of drug-likeness (QED) is 0.143. The lowest BCUT2D eigenvalue weighted by molar-refractivity contribution is -0.305. The van der Waals surface area contributed by atoms with Gasteiger partial charge in [-0.05, 0) is 43.9 Å². The molecule has 4 atom stereocenters. The van der Waals surface area contributed by atoms with Gasteiger partial charge < -0.3 is 23.8 Å². The van der Waals surface area contributed by atoms with Crippen LogP contribution in [0.5, 0.6) is 5.75 Å². The van der Waals surface area contributed by atoms with Crippen LogP contribution in [0.1, 0.15) is 84.1 Å². The third-order valence-corrected chi connectivity index (χ3v) is 8.41. The number of rotatable bonds is 14. The number of thioether (sulfide) groups is 1. The maximum absolute atomic E-state index is 13.0. The van der Waals surface area contributed by atoms with E-state index in [1.165, 1.54) is 11.8 Å². The van der Waals surface area contributed by atoms with Gasteiger partial charge in [0, 0.05) is 38.3 Å². The van der Waals surface area contributed by atoms with E-state index in [0.29, 0.717) is 25.1 Å². The van der Waals surface area contributed by atoms with Crippen molar-refractivity contribution < 1.29 is 28.5 Å². The molecule has 7 nitrogen and oxygen atoms in total. The Bertz CT molecular complexity index is 935. The molecule has 8 heteroatoms. The summed E-state index contributed by atoms with van der Waals surface area (Å²) in [6.07, 6.45) is 9.35. The lowest BCUT2D eigenvalue weighted by atomic mass is 9.90. The van der Waals surface area contributed by atoms with Gasteiger partial charge in [-0.25, -0.2) is 4.79 Å². The largest absolute Gasteiger partial charge is 0.497 e. The Balaban J connectivity index is 1.81. The summed E-state index contributed by atoms with van der Waals surface area (Å²) < 4.78 is 24.1. The normalized spacial score (nSPS) is 26.0. The Kier molecular flexibility index (Phi) is 12.0. The molecule has 0 bridgehead atoms. The molecule has 0 unspecified atom stereocenters. The summed E-state index contributed by atoms with van der Waals surface area (Å²) in [5, 5.41) is 0.00183. The van der Waals surface area contributed by atoms with Crippen molar-refractivity contribution in [3.05, 3.63) is 41.5 Å². The number of nitrogens with zero attached hydrogens (tertiary/aromatic N) is 1. The molecule has 0 saturated carbocycles. The lowest BCUT2D eigenvalue weighted by Crippen LogP contribution is -2.60. The molecular formula is C30H45NO6S. The molecule has 2 aliphatic heterocycles. The Morgan fingerprint density at radius 3 is 2.55 bits per heavy atom. The van der Waals surface area contributed by atoms with E-state index in [2.05, 4.69) is 13.8 Å². The molecule has 1 aromatic carbocycles. The van der Waals surface area contributed by atoms with Crippen molar-refractivity contribution in [1.82, 2.24) is 4.90 Å². The highest BCUT2D eigenvalue weighted by Gasteiger charge is 2.54. The number of esters is 1. The van der Waals surface area contributed by atoms with E-state index in [4.69, 9.17) is 18.9 Å². The Morgan fingerprint density at radius 2 is 1.89 bits per heavy atom. The number of carbonyl (C=O) groups is 2. The fourth-order valence-corrected chi connectivity index (χ4v) is 6.38. The number of hydrogen-bond donors (Lipinski definition) is 0. The number of ether oxygens (including phenoxy) is 4. The van der Waals surface area contributed by atoms with Crippen molar-refractivity contribution in [2.75, 3.05) is 20.0 Å². The van der Waals surface area contributed by atoms with Crippen molar-refractivity contribution in [2.24, 2.45) is 0 Å². The molecular weight excluding hydrogens is 502 g/mol. The average Bonchev–Trinajstić information content (AvgIpc) is 3.28. The third kappa shape index (κ3) is 8.23. The van der Waals surface area contributed by atoms with Crippen LogP contribution >= 0.6 is 11.8 Å². The van der Waals surface area contributed by atoms with Crippen molar-refractivity contribution in [1.29, 1.82) is 0 Å². The molecule has 0 radical (unpaired) electrons. The lowest BCUT2D eigenvalue weighted by Gasteiger charge is -2.48. The van der Waals surface area contributed by atoms with Gasteiger partial charge in [0.1, 0.15) is 11.9 Å². The fraction of sp³-hybridized carbons (Fsp3) is 0.667. The van der Waals surface area contributed by atoms with Crippen LogP contribution in [0.15, 0.2) is 35.9 Å². The highest BCUT2D eigenvalue weighted by molar-refractivity contribution is 8.13. The molecule has 2 aliphatic rings. The van der Waals surface area contributed by atoms with Crippen molar-refractivity contribution in [2.45, 2.75) is 109 Å². The van der Waals surface area contributed by atoms with E-state index >= 15 is 0 Å². The number of allylic oxidation sites excluding steroid dienone is 1. The molecule has 0 spiro atoms. The van der Waals surface area contributed by atoms with E-state index in [1.807, 2.05) is 36.1 Å². The van der Waals surface area contributed by atoms with Crippen molar-refractivity contribution >= 4 is 23.0 Å². The van der Waals surface area contributed by atoms with Crippen LogP contribution in [0.4, 0.5) is 4.79 Å². The first kappa shape index (κ1) is 30.5. The zero-order valence-corrected chi connectivity index (χ0v) is 24.5. The van der Waals surface area contributed by atoms with Crippen LogP contribution in [0.3, 0.4) is 0 Å². The second-order valence-corrected chi connectivity index (χ2v) is 11.4. The van der Waals surface area contributed by atoms with Crippen LogP contribution in [-0.4, -0.2) is 60.1 Å². The van der Waals surface area contributed by atoms with Crippen LogP contribution in [0.25, 0.3) is 0 Å². The van der Waals surface area contributed by atoms with Gasteiger partial charge in [0.25, 0.3) is 5.24 Å². The Morgan fingerprint density at radius 1 is 1.16 bits per heavy atom. The summed E-state index contributed by atoms with van der Waals surface area (Å²) in [5.41, 5.74) is 2.04. The minimum atomic E-state index is -1.05. The van der Waals surface area contributed by atoms with E-state index in [9.17, 15) is 9.59 Å². The van der Waals surface area contributed by atoms with Gasteiger partial charge in [-0.2, -0.15) is 0 Å². The summed E-state index contributed by atoms with van der Waals surface area (Å²) in [6.45, 7) is 6.74. The topological polar surface area (TPSA) is 74.3 Å². The molecule has 212 valence electrons. The summed E-state index contributed by atoms with van der Waals surface area (Å²) in [7, 11) is 3.28. The third-order valence-electron chi connectivity index (χ3n) is 7.45. The molecule has 38 heavy (non-hydrogen) atoms. The highest BCUT2D eigenvalue weighted by atomic mass is 32.2. The molecule has 3 rings (SSSR count). The molecule has 2 heterocycles. The van der Waals surface area contributed by atoms with Gasteiger partial charge in [-0.15, -0.1) is 0 Å². The standard InChI is InChI=1S/C30H45NO6S/c1-6-8-10-12-25-18-26(36-28(32)17-22(3)11-9-7-2)19-30(35-5,37-25)27-21-38-29(33)31(27)20-23-13-15-24(34-4)16-14-23/h13-17,25-27H,6-12,18-21H2,1-5H3/b22-17-/t25-,26-,27+,30-/m1/s1. The number of hydrogen-bond acceptors (Lipinski definition) is 7. The molecule has 0 aromatic heterocycles. The summed E-state index contributed by atoms with van der Waals surface area (Å²) in [6, 6.07) is 7.44. The SMILES string of the molecule is CCCCC[C@@H]1C[C@@H](OC(=O)/C=C(/C)CCCC)C[C@](OC)([C@@H]2CSC(=O)N2Cc2ccc(OC)cc2)O1. The minimum Gasteiger partial charge on any atom is -0.497 e. The Hall–Kier alpha value is -2.03. The van der Waals surface area contributed by atoms with Crippen LogP contribution in [0, 0.1) is 0 Å². The van der Waals surface area contributed by atoms with Crippen LogP contribution in [-0.2, 0) is 25.5 Å². The summed E-state index contributed by atoms with van der Waals surface area (Å²) in [5.74, 6) is -0.0295. The molecule has 0 N–H and O–H groups in total. The van der Waals surface area contributed by atoms with Crippen molar-refractivity contribution in [3.8, 4) is 5.75 Å². The monoisotopic (exact) mass is 547 g/mol. The Labute approximate surface area is 232 Å². The van der Waals surface area contributed by atoms with Crippen molar-refractivity contribution in [3.63, 3.8) is 0 Å². The zero-order valence-electron chi connectivity index (χ0n) is 23.7. The summed E-state index contributed by atoms with van der Waals surface area (Å²) >= 11 is 1.29. The molecule has 1 amide bonds. The highest BCUT2D eigenvalue weighted by Crippen LogP contribution is 2.43. The maximum Gasteiger partial charge on any atom is 0.330 e. The number of methoxy groups -OCH3 is 2. The zero-order chi connectivity index (χ0) is 27.5. The predicted molar refractivity (Wildman–Crippen MR) is 151 cm³/mol. The minimum absolute atomic E-state index is 0.00183. The fourth-order valence-electron chi connectivity index (χ4n) is 5.29. The second kappa shape index (κ2) is 14.9. The smallest absolute Gasteiger partial charge is 0.330 e. The second-order valence-electron chi connectivity index (χ2n) is 10.4. The van der Waals surface area contributed by atoms with Crippen LogP contribution < -0.4 is 4.74 Å². The summed E-state index contributed by atoms with van der Waals surface area (Å²) in [4.78, 5) is 27.7. The van der Waals surface area contributed by atoms with Gasteiger partial charge in [0.15, 0.2) is 5.79 Å². The van der Waals surface area contributed by atoms with E-state index in [1.54, 1.807) is 20.3 Å². The van der Waals surface area contributed by atoms with E-state index in [-0.39, 0.29) is 29.5 Å². The predicted octanol–water partition coefficient (Wildman–Crippen LogP) is 6.88. The first-order valence-electron chi connectivity index (χ1n) is 14.0. The molecule has 1 aromatic rings. The first-order valence-corrected chi connectivity index (χ1v) is 15.0. The number of carbonyl (C=O) groups excluding carboxylic acids is 2. The van der Waals surface area contributed by atoms with Crippen LogP contribution in [0.2, 0.25) is 0 Å². The van der Waals surface area contributed by atoms with E-state index < -0.39 is 5.79 Å². The van der Waals surface area contributed by atoms with Gasteiger partial charge in [-0.3, -0.25) is 4.79 Å². The number of amides is 1. The van der Waals surface area contributed by atoms with E-state index in [0.717, 1.165) is 61.8 Å². The van der Waals surface area contributed by atoms with Gasteiger partial charge in [0.05, 0.1) is 19.3 Å². The number of benzene rings is 1. The van der Waals surface area contributed by atoms with Gasteiger partial charge in [0.2, 0.25) is 0 Å². The maximum atomic E-state index is 13.0. The van der Waals surface area contributed by atoms with Gasteiger partial charge >= 0.3 is 5.97 Å². The molecule has 0 aliphatic carbocycles.